The minimum Gasteiger partial charge on any atom is -0.481 e. The zero-order valence-electron chi connectivity index (χ0n) is 17.7. The number of nitrogens with zero attached hydrogens (tertiary/aromatic N) is 3. The lowest BCUT2D eigenvalue weighted by Crippen LogP contribution is -2.31. The minimum absolute atomic E-state index is 0.106. The number of amides is 1. The molecule has 0 aliphatic rings. The number of aromatic nitrogens is 2. The van der Waals surface area contributed by atoms with Crippen LogP contribution >= 0.6 is 0 Å². The smallest absolute Gasteiger partial charge is 0.266 e. The lowest BCUT2D eigenvalue weighted by Gasteiger charge is -2.19. The number of ether oxygens (including phenoxy) is 1. The van der Waals surface area contributed by atoms with E-state index in [0.717, 1.165) is 5.56 Å². The first-order valence-electron chi connectivity index (χ1n) is 9.85. The summed E-state index contributed by atoms with van der Waals surface area (Å²) in [5, 5.41) is 16.1. The maximum atomic E-state index is 12.6. The molecule has 6 heteroatoms. The van der Waals surface area contributed by atoms with Gasteiger partial charge in [-0.3, -0.25) is 4.79 Å². The Bertz CT molecular complexity index is 1040. The molecule has 0 saturated carbocycles. The molecule has 0 spiro atoms. The van der Waals surface area contributed by atoms with Gasteiger partial charge in [0, 0.05) is 6.07 Å². The van der Waals surface area contributed by atoms with E-state index in [4.69, 9.17) is 10.00 Å². The third-order valence-electron chi connectivity index (χ3n) is 4.79. The van der Waals surface area contributed by atoms with Crippen LogP contribution in [0.15, 0.2) is 60.8 Å². The molecule has 0 bridgehead atoms. The highest BCUT2D eigenvalue weighted by atomic mass is 16.5. The van der Waals surface area contributed by atoms with Crippen LogP contribution in [0.25, 0.3) is 0 Å². The molecule has 1 aromatic heterocycles. The first kappa shape index (κ1) is 21.1. The lowest BCUT2D eigenvalue weighted by molar-refractivity contribution is -0.122. The third kappa shape index (κ3) is 5.26. The summed E-state index contributed by atoms with van der Waals surface area (Å²) in [5.41, 5.74) is 3.02. The van der Waals surface area contributed by atoms with Gasteiger partial charge in [-0.15, -0.1) is 0 Å². The van der Waals surface area contributed by atoms with Crippen molar-refractivity contribution in [3.8, 4) is 11.8 Å². The molecule has 0 aliphatic carbocycles. The van der Waals surface area contributed by atoms with E-state index in [-0.39, 0.29) is 11.3 Å². The summed E-state index contributed by atoms with van der Waals surface area (Å²) in [5.74, 6) is 0.864. The van der Waals surface area contributed by atoms with Crippen molar-refractivity contribution in [2.45, 2.75) is 45.8 Å². The molecule has 1 atom stereocenters. The Hall–Kier alpha value is -3.59. The molecule has 1 heterocycles. The standard InChI is InChI=1S/C24H26N4O2/c1-17(30-21-11-7-18(15-25)8-12-21)23(29)27-22-13-14-26-28(22)16-19-5-9-20(10-6-19)24(2,3)4/h5-14,17H,16H2,1-4H3,(H,27,29). The third-order valence-corrected chi connectivity index (χ3v) is 4.79. The maximum Gasteiger partial charge on any atom is 0.266 e. The van der Waals surface area contributed by atoms with Crippen LogP contribution in [0, 0.1) is 11.3 Å². The fourth-order valence-corrected chi connectivity index (χ4v) is 2.94. The van der Waals surface area contributed by atoms with Crippen molar-refractivity contribution in [2.75, 3.05) is 5.32 Å². The Kier molecular flexibility index (Phi) is 6.22. The number of carbonyl (C=O) groups excluding carboxylic acids is 1. The normalized spacial score (nSPS) is 12.1. The Morgan fingerprint density at radius 3 is 2.40 bits per heavy atom. The summed E-state index contributed by atoms with van der Waals surface area (Å²) in [6.45, 7) is 8.79. The summed E-state index contributed by atoms with van der Waals surface area (Å²) in [7, 11) is 0. The number of nitriles is 1. The van der Waals surface area contributed by atoms with Crippen LogP contribution in [0.3, 0.4) is 0 Å². The molecular weight excluding hydrogens is 376 g/mol. The summed E-state index contributed by atoms with van der Waals surface area (Å²) >= 11 is 0. The Balaban J connectivity index is 1.63. The number of nitrogens with one attached hydrogen (secondary N) is 1. The van der Waals surface area contributed by atoms with Crippen molar-refractivity contribution < 1.29 is 9.53 Å². The number of carbonyl (C=O) groups is 1. The molecule has 1 amide bonds. The minimum atomic E-state index is -0.702. The molecule has 3 rings (SSSR count). The van der Waals surface area contributed by atoms with E-state index in [1.807, 2.05) is 0 Å². The van der Waals surface area contributed by atoms with Gasteiger partial charge in [-0.05, 0) is 47.7 Å². The van der Waals surface area contributed by atoms with Crippen molar-refractivity contribution in [1.29, 1.82) is 5.26 Å². The van der Waals surface area contributed by atoms with Crippen molar-refractivity contribution in [3.05, 3.63) is 77.5 Å². The van der Waals surface area contributed by atoms with Crippen LogP contribution in [0.4, 0.5) is 5.82 Å². The van der Waals surface area contributed by atoms with Gasteiger partial charge in [0.05, 0.1) is 24.4 Å². The van der Waals surface area contributed by atoms with Crippen LogP contribution < -0.4 is 10.1 Å². The SMILES string of the molecule is CC(Oc1ccc(C#N)cc1)C(=O)Nc1ccnn1Cc1ccc(C(C)(C)C)cc1. The molecule has 1 unspecified atom stereocenters. The van der Waals surface area contributed by atoms with Gasteiger partial charge in [0.2, 0.25) is 0 Å². The van der Waals surface area contributed by atoms with Crippen molar-refractivity contribution in [1.82, 2.24) is 9.78 Å². The quantitative estimate of drug-likeness (QED) is 0.658. The largest absolute Gasteiger partial charge is 0.481 e. The molecule has 2 aromatic carbocycles. The average Bonchev–Trinajstić information content (AvgIpc) is 3.14. The topological polar surface area (TPSA) is 79.9 Å². The van der Waals surface area contributed by atoms with E-state index in [1.165, 1.54) is 5.56 Å². The van der Waals surface area contributed by atoms with E-state index in [9.17, 15) is 4.79 Å². The molecule has 154 valence electrons. The average molecular weight is 402 g/mol. The molecule has 6 nitrogen and oxygen atoms in total. The van der Waals surface area contributed by atoms with Gasteiger partial charge in [-0.2, -0.15) is 10.4 Å². The molecule has 3 aromatic rings. The summed E-state index contributed by atoms with van der Waals surface area (Å²) in [6, 6.07) is 18.9. The highest BCUT2D eigenvalue weighted by Crippen LogP contribution is 2.23. The molecule has 0 fully saturated rings. The molecule has 0 aliphatic heterocycles. The predicted molar refractivity (Wildman–Crippen MR) is 116 cm³/mol. The second kappa shape index (κ2) is 8.83. The van der Waals surface area contributed by atoms with Crippen LogP contribution in [0.2, 0.25) is 0 Å². The number of hydrogen-bond acceptors (Lipinski definition) is 4. The van der Waals surface area contributed by atoms with E-state index < -0.39 is 6.10 Å². The van der Waals surface area contributed by atoms with Gasteiger partial charge in [0.1, 0.15) is 11.6 Å². The monoisotopic (exact) mass is 402 g/mol. The molecule has 30 heavy (non-hydrogen) atoms. The van der Waals surface area contributed by atoms with Crippen LogP contribution in [-0.2, 0) is 16.8 Å². The number of anilines is 1. The van der Waals surface area contributed by atoms with Gasteiger partial charge >= 0.3 is 0 Å². The first-order chi connectivity index (χ1) is 14.3. The Morgan fingerprint density at radius 2 is 1.80 bits per heavy atom. The highest BCUT2D eigenvalue weighted by Gasteiger charge is 2.17. The van der Waals surface area contributed by atoms with E-state index in [1.54, 1.807) is 48.1 Å². The first-order valence-corrected chi connectivity index (χ1v) is 9.85. The Labute approximate surface area is 177 Å². The van der Waals surface area contributed by atoms with Gasteiger partial charge in [0.25, 0.3) is 5.91 Å². The molecular formula is C24H26N4O2. The fraction of sp³-hybridized carbons (Fsp3) is 0.292. The number of hydrogen-bond donors (Lipinski definition) is 1. The molecule has 0 radical (unpaired) electrons. The molecule has 0 saturated heterocycles. The van der Waals surface area contributed by atoms with E-state index in [0.29, 0.717) is 23.7 Å². The van der Waals surface area contributed by atoms with Gasteiger partial charge in [-0.25, -0.2) is 4.68 Å². The predicted octanol–water partition coefficient (Wildman–Crippen LogP) is 4.51. The summed E-state index contributed by atoms with van der Waals surface area (Å²) < 4.78 is 7.42. The summed E-state index contributed by atoms with van der Waals surface area (Å²) in [4.78, 5) is 12.6. The van der Waals surface area contributed by atoms with Crippen LogP contribution in [0.5, 0.6) is 5.75 Å². The lowest BCUT2D eigenvalue weighted by atomic mass is 9.87. The van der Waals surface area contributed by atoms with Crippen molar-refractivity contribution in [2.24, 2.45) is 0 Å². The highest BCUT2D eigenvalue weighted by molar-refractivity contribution is 5.93. The maximum absolute atomic E-state index is 12.6. The Morgan fingerprint density at radius 1 is 1.13 bits per heavy atom. The van der Waals surface area contributed by atoms with Crippen molar-refractivity contribution in [3.63, 3.8) is 0 Å². The fourth-order valence-electron chi connectivity index (χ4n) is 2.94. The zero-order valence-corrected chi connectivity index (χ0v) is 17.7. The van der Waals surface area contributed by atoms with E-state index in [2.05, 4.69) is 61.5 Å². The number of rotatable bonds is 6. The van der Waals surface area contributed by atoms with Gasteiger partial charge in [-0.1, -0.05) is 45.0 Å². The molecule has 1 N–H and O–H groups in total. The zero-order chi connectivity index (χ0) is 21.7. The van der Waals surface area contributed by atoms with E-state index >= 15 is 0 Å². The number of benzene rings is 2. The van der Waals surface area contributed by atoms with Crippen molar-refractivity contribution >= 4 is 11.7 Å². The van der Waals surface area contributed by atoms with Gasteiger partial charge in [0.15, 0.2) is 6.10 Å². The van der Waals surface area contributed by atoms with Crippen LogP contribution in [-0.4, -0.2) is 21.8 Å². The second-order valence-corrected chi connectivity index (χ2v) is 8.21. The summed E-state index contributed by atoms with van der Waals surface area (Å²) in [6.07, 6.45) is 0.956. The van der Waals surface area contributed by atoms with Gasteiger partial charge < -0.3 is 10.1 Å². The van der Waals surface area contributed by atoms with Crippen LogP contribution in [0.1, 0.15) is 44.4 Å². The second-order valence-electron chi connectivity index (χ2n) is 8.21.